The van der Waals surface area contributed by atoms with Crippen molar-refractivity contribution in [2.75, 3.05) is 0 Å². The highest BCUT2D eigenvalue weighted by Crippen LogP contribution is 2.40. The van der Waals surface area contributed by atoms with Crippen molar-refractivity contribution in [2.24, 2.45) is 11.8 Å². The number of carbonyl (C=O) groups is 1. The molecule has 0 spiro atoms. The maximum absolute atomic E-state index is 14.9. The fourth-order valence-electron chi connectivity index (χ4n) is 6.00. The fourth-order valence-corrected chi connectivity index (χ4v) is 6.00. The average molecular weight is 487 g/mol. The molecule has 2 nitrogen and oxygen atoms in total. The van der Waals surface area contributed by atoms with Gasteiger partial charge >= 0.3 is 5.97 Å². The van der Waals surface area contributed by atoms with Crippen LogP contribution >= 0.6 is 0 Å². The highest BCUT2D eigenvalue weighted by Gasteiger charge is 2.31. The Labute approximate surface area is 207 Å². The summed E-state index contributed by atoms with van der Waals surface area (Å²) in [6.07, 6.45) is 9.17. The molecule has 0 aromatic heterocycles. The van der Waals surface area contributed by atoms with Crippen molar-refractivity contribution >= 4 is 5.97 Å². The molecular formula is C30H37F3O2. The van der Waals surface area contributed by atoms with E-state index in [0.29, 0.717) is 42.7 Å². The van der Waals surface area contributed by atoms with Gasteiger partial charge in [0.1, 0.15) is 5.82 Å². The molecule has 2 aliphatic carbocycles. The topological polar surface area (TPSA) is 26.3 Å². The lowest BCUT2D eigenvalue weighted by atomic mass is 9.77. The van der Waals surface area contributed by atoms with E-state index in [1.165, 1.54) is 6.07 Å². The van der Waals surface area contributed by atoms with Gasteiger partial charge in [-0.1, -0.05) is 44.9 Å². The number of halogens is 3. The number of ether oxygens (including phenoxy) is 1. The summed E-state index contributed by atoms with van der Waals surface area (Å²) in [5.41, 5.74) is 2.10. The maximum atomic E-state index is 14.9. The van der Waals surface area contributed by atoms with Gasteiger partial charge in [0.05, 0.1) is 5.92 Å². The van der Waals surface area contributed by atoms with E-state index < -0.39 is 17.6 Å². The summed E-state index contributed by atoms with van der Waals surface area (Å²) >= 11 is 0. The second-order valence-electron chi connectivity index (χ2n) is 10.5. The van der Waals surface area contributed by atoms with Crippen molar-refractivity contribution in [3.05, 3.63) is 64.5 Å². The van der Waals surface area contributed by atoms with Gasteiger partial charge in [0, 0.05) is 0 Å². The van der Waals surface area contributed by atoms with Crippen LogP contribution in [0.15, 0.2) is 30.3 Å². The lowest BCUT2D eigenvalue weighted by Crippen LogP contribution is -2.26. The van der Waals surface area contributed by atoms with E-state index in [0.717, 1.165) is 50.5 Å². The highest BCUT2D eigenvalue weighted by molar-refractivity contribution is 5.75. The molecule has 0 aliphatic heterocycles. The standard InChI is InChI=1S/C30H37F3O2/c1-3-5-20-8-15-24(26(31)18-20)21-11-13-23(14-12-21)30(34)35-27-17-16-25(28(32)29(27)33)22-9-6-19(4-2)7-10-22/h8,15-19,21-23H,3-7,9-14H2,1-2H3. The molecule has 190 valence electrons. The molecule has 0 saturated heterocycles. The van der Waals surface area contributed by atoms with Gasteiger partial charge in [0.15, 0.2) is 11.6 Å². The van der Waals surface area contributed by atoms with Gasteiger partial charge in [-0.05, 0) is 104 Å². The lowest BCUT2D eigenvalue weighted by Gasteiger charge is -2.29. The zero-order valence-electron chi connectivity index (χ0n) is 20.9. The predicted molar refractivity (Wildman–Crippen MR) is 132 cm³/mol. The zero-order chi connectivity index (χ0) is 24.9. The number of esters is 1. The molecule has 2 saturated carbocycles. The molecule has 0 radical (unpaired) electrons. The SMILES string of the molecule is CCCc1ccc(C2CCC(C(=O)Oc3ccc(C4CCC(CC)CC4)c(F)c3F)CC2)c(F)c1. The van der Waals surface area contributed by atoms with Crippen molar-refractivity contribution in [1.29, 1.82) is 0 Å². The minimum atomic E-state index is -1.07. The molecule has 2 aromatic rings. The van der Waals surface area contributed by atoms with E-state index >= 15 is 0 Å². The number of hydrogen-bond acceptors (Lipinski definition) is 2. The van der Waals surface area contributed by atoms with E-state index in [4.69, 9.17) is 4.74 Å². The minimum absolute atomic E-state index is 0.0174. The van der Waals surface area contributed by atoms with E-state index in [-0.39, 0.29) is 29.3 Å². The summed E-state index contributed by atoms with van der Waals surface area (Å²) in [5.74, 6) is -2.64. The van der Waals surface area contributed by atoms with Gasteiger partial charge in [-0.25, -0.2) is 8.78 Å². The van der Waals surface area contributed by atoms with Crippen LogP contribution in [0.1, 0.15) is 107 Å². The van der Waals surface area contributed by atoms with E-state index in [9.17, 15) is 18.0 Å². The second kappa shape index (κ2) is 11.6. The van der Waals surface area contributed by atoms with Crippen molar-refractivity contribution in [3.8, 4) is 5.75 Å². The van der Waals surface area contributed by atoms with Crippen LogP contribution in [-0.2, 0) is 11.2 Å². The molecule has 0 heterocycles. The smallest absolute Gasteiger partial charge is 0.314 e. The molecular weight excluding hydrogens is 449 g/mol. The van der Waals surface area contributed by atoms with Crippen molar-refractivity contribution in [3.63, 3.8) is 0 Å². The number of hydrogen-bond donors (Lipinski definition) is 0. The normalized spacial score (nSPS) is 24.8. The van der Waals surface area contributed by atoms with Crippen LogP contribution in [0.3, 0.4) is 0 Å². The third-order valence-electron chi connectivity index (χ3n) is 8.26. The molecule has 0 N–H and O–H groups in total. The van der Waals surface area contributed by atoms with Gasteiger partial charge in [-0.15, -0.1) is 0 Å². The number of benzene rings is 2. The van der Waals surface area contributed by atoms with E-state index in [1.54, 1.807) is 12.1 Å². The Balaban J connectivity index is 1.34. The number of aryl methyl sites for hydroxylation is 1. The summed E-state index contributed by atoms with van der Waals surface area (Å²) in [4.78, 5) is 12.7. The first kappa shape index (κ1) is 25.8. The maximum Gasteiger partial charge on any atom is 0.314 e. The van der Waals surface area contributed by atoms with Crippen LogP contribution < -0.4 is 4.74 Å². The monoisotopic (exact) mass is 486 g/mol. The fraction of sp³-hybridized carbons (Fsp3) is 0.567. The Morgan fingerprint density at radius 2 is 1.46 bits per heavy atom. The lowest BCUT2D eigenvalue weighted by molar-refractivity contribution is -0.140. The van der Waals surface area contributed by atoms with Gasteiger partial charge in [0.25, 0.3) is 0 Å². The number of carbonyl (C=O) groups excluding carboxylic acids is 1. The summed E-state index contributed by atoms with van der Waals surface area (Å²) in [6.45, 7) is 4.24. The third kappa shape index (κ3) is 5.92. The van der Waals surface area contributed by atoms with Gasteiger partial charge in [0.2, 0.25) is 5.82 Å². The van der Waals surface area contributed by atoms with E-state index in [1.807, 2.05) is 12.1 Å². The molecule has 5 heteroatoms. The van der Waals surface area contributed by atoms with Crippen molar-refractivity contribution < 1.29 is 22.7 Å². The summed E-state index contributed by atoms with van der Waals surface area (Å²) in [5, 5.41) is 0. The zero-order valence-corrected chi connectivity index (χ0v) is 20.9. The first-order valence-electron chi connectivity index (χ1n) is 13.4. The molecule has 2 aromatic carbocycles. The summed E-state index contributed by atoms with van der Waals surface area (Å²) < 4.78 is 49.6. The first-order valence-corrected chi connectivity index (χ1v) is 13.4. The summed E-state index contributed by atoms with van der Waals surface area (Å²) in [6, 6.07) is 8.46. The average Bonchev–Trinajstić information content (AvgIpc) is 2.87. The van der Waals surface area contributed by atoms with Gasteiger partial charge in [-0.2, -0.15) is 4.39 Å². The minimum Gasteiger partial charge on any atom is -0.423 e. The van der Waals surface area contributed by atoms with Crippen LogP contribution in [0.5, 0.6) is 5.75 Å². The highest BCUT2D eigenvalue weighted by atomic mass is 19.2. The quantitative estimate of drug-likeness (QED) is 0.289. The Morgan fingerprint density at radius 3 is 2.09 bits per heavy atom. The Morgan fingerprint density at radius 1 is 0.829 bits per heavy atom. The van der Waals surface area contributed by atoms with Gasteiger partial charge in [-0.3, -0.25) is 4.79 Å². The van der Waals surface area contributed by atoms with Crippen LogP contribution in [0.25, 0.3) is 0 Å². The molecule has 0 bridgehead atoms. The first-order chi connectivity index (χ1) is 16.9. The van der Waals surface area contributed by atoms with Crippen molar-refractivity contribution in [1.82, 2.24) is 0 Å². The molecule has 35 heavy (non-hydrogen) atoms. The van der Waals surface area contributed by atoms with Crippen LogP contribution in [-0.4, -0.2) is 5.97 Å². The summed E-state index contributed by atoms with van der Waals surface area (Å²) in [7, 11) is 0. The predicted octanol–water partition coefficient (Wildman–Crippen LogP) is 8.62. The Hall–Kier alpha value is -2.30. The second-order valence-corrected chi connectivity index (χ2v) is 10.5. The van der Waals surface area contributed by atoms with Crippen LogP contribution in [0.2, 0.25) is 0 Å². The molecule has 2 fully saturated rings. The molecule has 4 rings (SSSR count). The molecule has 0 atom stereocenters. The largest absolute Gasteiger partial charge is 0.423 e. The Bertz CT molecular complexity index is 1020. The molecule has 0 amide bonds. The third-order valence-corrected chi connectivity index (χ3v) is 8.26. The van der Waals surface area contributed by atoms with Crippen LogP contribution in [0, 0.1) is 29.3 Å². The number of rotatable bonds is 7. The van der Waals surface area contributed by atoms with Crippen LogP contribution in [0.4, 0.5) is 13.2 Å². The molecule has 2 aliphatic rings. The van der Waals surface area contributed by atoms with E-state index in [2.05, 4.69) is 13.8 Å². The molecule has 0 unspecified atom stereocenters. The van der Waals surface area contributed by atoms with Crippen molar-refractivity contribution in [2.45, 2.75) is 96.3 Å². The Kier molecular flexibility index (Phi) is 8.56. The van der Waals surface area contributed by atoms with Gasteiger partial charge < -0.3 is 4.74 Å².